The van der Waals surface area contributed by atoms with Crippen molar-refractivity contribution in [3.63, 3.8) is 0 Å². The summed E-state index contributed by atoms with van der Waals surface area (Å²) in [6.45, 7) is 0. The van der Waals surface area contributed by atoms with Gasteiger partial charge in [0.1, 0.15) is 5.84 Å². The van der Waals surface area contributed by atoms with E-state index in [4.69, 9.17) is 16.6 Å². The van der Waals surface area contributed by atoms with Gasteiger partial charge in [0, 0.05) is 15.9 Å². The molecule has 102 valence electrons. The van der Waals surface area contributed by atoms with E-state index in [1.165, 1.54) is 5.56 Å². The van der Waals surface area contributed by atoms with Crippen molar-refractivity contribution >= 4 is 33.4 Å². The molecular formula is C16H14BrClN2. The zero-order chi connectivity index (χ0) is 13.9. The van der Waals surface area contributed by atoms with E-state index in [9.17, 15) is 0 Å². The Morgan fingerprint density at radius 2 is 1.75 bits per heavy atom. The normalized spacial score (nSPS) is 21.4. The first-order chi connectivity index (χ1) is 9.78. The van der Waals surface area contributed by atoms with Gasteiger partial charge in [0.15, 0.2) is 0 Å². The molecule has 1 aliphatic rings. The molecule has 1 heterocycles. The number of nitrogens with one attached hydrogen (secondary N) is 1. The summed E-state index contributed by atoms with van der Waals surface area (Å²) in [5, 5.41) is 3.43. The maximum absolute atomic E-state index is 6.09. The Morgan fingerprint density at radius 1 is 1.05 bits per heavy atom. The number of benzene rings is 2. The molecule has 2 atom stereocenters. The first-order valence-electron chi connectivity index (χ1n) is 6.49. The van der Waals surface area contributed by atoms with Crippen LogP contribution in [0, 0.1) is 0 Å². The predicted octanol–water partition coefficient (Wildman–Crippen LogP) is 4.15. The first kappa shape index (κ1) is 13.7. The molecule has 2 aromatic rings. The van der Waals surface area contributed by atoms with Gasteiger partial charge in [0.25, 0.3) is 0 Å². The molecule has 2 nitrogen and oxygen atoms in total. The fourth-order valence-corrected chi connectivity index (χ4v) is 2.88. The molecule has 0 saturated heterocycles. The smallest absolute Gasteiger partial charge is 0.129 e. The summed E-state index contributed by atoms with van der Waals surface area (Å²) in [6, 6.07) is 18.6. The summed E-state index contributed by atoms with van der Waals surface area (Å²) in [4.78, 5) is 4.82. The molecule has 0 saturated carbocycles. The van der Waals surface area contributed by atoms with Gasteiger partial charge in [-0.25, -0.2) is 0 Å². The average molecular weight is 350 g/mol. The average Bonchev–Trinajstić information content (AvgIpc) is 2.93. The van der Waals surface area contributed by atoms with Crippen LogP contribution in [0.15, 0.2) is 64.1 Å². The van der Waals surface area contributed by atoms with E-state index in [2.05, 4.69) is 45.5 Å². The number of alkyl halides is 1. The van der Waals surface area contributed by atoms with Gasteiger partial charge in [-0.05, 0) is 17.7 Å². The van der Waals surface area contributed by atoms with Crippen molar-refractivity contribution in [1.82, 2.24) is 5.32 Å². The summed E-state index contributed by atoms with van der Waals surface area (Å²) in [5.41, 5.74) is 2.28. The summed E-state index contributed by atoms with van der Waals surface area (Å²) in [7, 11) is 0. The molecule has 1 N–H and O–H groups in total. The van der Waals surface area contributed by atoms with E-state index in [1.54, 1.807) is 0 Å². The molecule has 0 spiro atoms. The van der Waals surface area contributed by atoms with Crippen molar-refractivity contribution in [3.05, 3.63) is 70.2 Å². The number of aliphatic imine (C=N–C) groups is 1. The number of rotatable bonds is 3. The maximum Gasteiger partial charge on any atom is 0.129 e. The van der Waals surface area contributed by atoms with Crippen LogP contribution in [0.1, 0.15) is 17.2 Å². The second-order valence-corrected chi connectivity index (χ2v) is 5.97. The van der Waals surface area contributed by atoms with E-state index in [1.807, 2.05) is 30.3 Å². The van der Waals surface area contributed by atoms with Gasteiger partial charge < -0.3 is 5.32 Å². The lowest BCUT2D eigenvalue weighted by molar-refractivity contribution is 0.593. The van der Waals surface area contributed by atoms with E-state index < -0.39 is 0 Å². The Bertz CT molecular complexity index is 610. The molecule has 4 heteroatoms. The molecule has 1 aliphatic heterocycles. The van der Waals surface area contributed by atoms with Crippen molar-refractivity contribution in [2.45, 2.75) is 12.1 Å². The molecule has 0 fully saturated rings. The molecule has 0 amide bonds. The number of hydrogen-bond donors (Lipinski definition) is 1. The van der Waals surface area contributed by atoms with E-state index in [0.29, 0.717) is 5.88 Å². The van der Waals surface area contributed by atoms with Crippen molar-refractivity contribution in [1.29, 1.82) is 0 Å². The van der Waals surface area contributed by atoms with Crippen LogP contribution in [0.5, 0.6) is 0 Å². The lowest BCUT2D eigenvalue weighted by atomic mass is 10.0. The fourth-order valence-electron chi connectivity index (χ4n) is 2.37. The summed E-state index contributed by atoms with van der Waals surface area (Å²) in [6.07, 6.45) is 0. The molecule has 20 heavy (non-hydrogen) atoms. The SMILES string of the molecule is ClCC1NC(c2ccc(Br)cc2)=NC1c1ccccc1. The highest BCUT2D eigenvalue weighted by Gasteiger charge is 2.29. The van der Waals surface area contributed by atoms with E-state index >= 15 is 0 Å². The van der Waals surface area contributed by atoms with Crippen LogP contribution in [0.3, 0.4) is 0 Å². The summed E-state index contributed by atoms with van der Waals surface area (Å²) >= 11 is 9.53. The molecule has 3 rings (SSSR count). The topological polar surface area (TPSA) is 24.4 Å². The molecule has 0 aliphatic carbocycles. The number of hydrogen-bond acceptors (Lipinski definition) is 2. The summed E-state index contributed by atoms with van der Waals surface area (Å²) < 4.78 is 1.06. The third-order valence-corrected chi connectivity index (χ3v) is 4.26. The first-order valence-corrected chi connectivity index (χ1v) is 7.82. The largest absolute Gasteiger partial charge is 0.363 e. The monoisotopic (exact) mass is 348 g/mol. The van der Waals surface area contributed by atoms with Crippen LogP contribution < -0.4 is 5.32 Å². The van der Waals surface area contributed by atoms with Gasteiger partial charge in [-0.15, -0.1) is 11.6 Å². The zero-order valence-corrected chi connectivity index (χ0v) is 13.1. The quantitative estimate of drug-likeness (QED) is 0.827. The molecule has 0 bridgehead atoms. The summed E-state index contributed by atoms with van der Waals surface area (Å²) in [5.74, 6) is 1.44. The predicted molar refractivity (Wildman–Crippen MR) is 87.5 cm³/mol. The molecule has 2 aromatic carbocycles. The van der Waals surface area contributed by atoms with Crippen molar-refractivity contribution in [2.75, 3.05) is 5.88 Å². The van der Waals surface area contributed by atoms with E-state index in [-0.39, 0.29) is 12.1 Å². The van der Waals surface area contributed by atoms with Crippen LogP contribution in [0.2, 0.25) is 0 Å². The van der Waals surface area contributed by atoms with Gasteiger partial charge in [-0.1, -0.05) is 58.4 Å². The highest BCUT2D eigenvalue weighted by Crippen LogP contribution is 2.28. The minimum absolute atomic E-state index is 0.0762. The Morgan fingerprint density at radius 3 is 2.40 bits per heavy atom. The Labute approximate surface area is 132 Å². The third kappa shape index (κ3) is 2.74. The van der Waals surface area contributed by atoms with Crippen LogP contribution in [-0.2, 0) is 0 Å². The van der Waals surface area contributed by atoms with Crippen LogP contribution in [0.4, 0.5) is 0 Å². The number of amidine groups is 1. The highest BCUT2D eigenvalue weighted by molar-refractivity contribution is 9.10. The third-order valence-electron chi connectivity index (χ3n) is 3.40. The second-order valence-electron chi connectivity index (χ2n) is 4.75. The minimum atomic E-state index is 0.0762. The Hall–Kier alpha value is -1.32. The lowest BCUT2D eigenvalue weighted by Gasteiger charge is -2.16. The van der Waals surface area contributed by atoms with Gasteiger partial charge in [0.2, 0.25) is 0 Å². The molecule has 2 unspecified atom stereocenters. The molecular weight excluding hydrogens is 336 g/mol. The number of halogens is 2. The van der Waals surface area contributed by atoms with Crippen molar-refractivity contribution < 1.29 is 0 Å². The van der Waals surface area contributed by atoms with Gasteiger partial charge >= 0.3 is 0 Å². The second kappa shape index (κ2) is 5.98. The highest BCUT2D eigenvalue weighted by atomic mass is 79.9. The van der Waals surface area contributed by atoms with E-state index in [0.717, 1.165) is 15.9 Å². The molecule has 0 aromatic heterocycles. The van der Waals surface area contributed by atoms with Crippen LogP contribution in [-0.4, -0.2) is 17.8 Å². The Balaban J connectivity index is 1.92. The lowest BCUT2D eigenvalue weighted by Crippen LogP contribution is -2.33. The minimum Gasteiger partial charge on any atom is -0.363 e. The van der Waals surface area contributed by atoms with Gasteiger partial charge in [0.05, 0.1) is 12.1 Å². The van der Waals surface area contributed by atoms with Crippen LogP contribution >= 0.6 is 27.5 Å². The zero-order valence-electron chi connectivity index (χ0n) is 10.8. The van der Waals surface area contributed by atoms with Gasteiger partial charge in [-0.3, -0.25) is 4.99 Å². The van der Waals surface area contributed by atoms with Crippen molar-refractivity contribution in [2.24, 2.45) is 4.99 Å². The molecule has 0 radical (unpaired) electrons. The number of nitrogens with zero attached hydrogens (tertiary/aromatic N) is 1. The van der Waals surface area contributed by atoms with Crippen LogP contribution in [0.25, 0.3) is 0 Å². The fraction of sp³-hybridized carbons (Fsp3) is 0.188. The Kier molecular flexibility index (Phi) is 4.08. The standard InChI is InChI=1S/C16H14BrClN2/c17-13-8-6-12(7-9-13)16-19-14(10-18)15(20-16)11-4-2-1-3-5-11/h1-9,14-15H,10H2,(H,19,20). The van der Waals surface area contributed by atoms with Gasteiger partial charge in [-0.2, -0.15) is 0 Å². The van der Waals surface area contributed by atoms with Crippen molar-refractivity contribution in [3.8, 4) is 0 Å². The maximum atomic E-state index is 6.09.